The van der Waals surface area contributed by atoms with Crippen molar-refractivity contribution in [3.05, 3.63) is 60.4 Å². The molecule has 2 aromatic carbocycles. The SMILES string of the molecule is CCOc1ccccc1Nc1ncnc(Oc2ccc(C)cc2)c1N. The molecule has 3 rings (SSSR count). The van der Waals surface area contributed by atoms with Crippen molar-refractivity contribution in [2.45, 2.75) is 13.8 Å². The number of nitrogens with two attached hydrogens (primary N) is 1. The van der Waals surface area contributed by atoms with E-state index in [4.69, 9.17) is 15.2 Å². The molecule has 0 unspecified atom stereocenters. The van der Waals surface area contributed by atoms with Crippen LogP contribution in [0.25, 0.3) is 0 Å². The summed E-state index contributed by atoms with van der Waals surface area (Å²) >= 11 is 0. The van der Waals surface area contributed by atoms with Gasteiger partial charge >= 0.3 is 0 Å². The van der Waals surface area contributed by atoms with Gasteiger partial charge in [0.25, 0.3) is 0 Å². The molecule has 0 aliphatic rings. The summed E-state index contributed by atoms with van der Waals surface area (Å²) < 4.78 is 11.4. The molecule has 0 bridgehead atoms. The number of aryl methyl sites for hydroxylation is 1. The maximum absolute atomic E-state index is 6.18. The first kappa shape index (κ1) is 16.6. The Balaban J connectivity index is 1.85. The minimum atomic E-state index is 0.301. The second kappa shape index (κ2) is 7.53. The average Bonchev–Trinajstić information content (AvgIpc) is 2.62. The van der Waals surface area contributed by atoms with Crippen LogP contribution in [0.3, 0.4) is 0 Å². The maximum Gasteiger partial charge on any atom is 0.248 e. The van der Waals surface area contributed by atoms with E-state index in [1.165, 1.54) is 6.33 Å². The number of para-hydroxylation sites is 2. The first-order valence-corrected chi connectivity index (χ1v) is 8.01. The molecule has 0 amide bonds. The quantitative estimate of drug-likeness (QED) is 0.698. The summed E-state index contributed by atoms with van der Waals surface area (Å²) in [5.41, 5.74) is 8.43. The predicted molar refractivity (Wildman–Crippen MR) is 98.6 cm³/mol. The standard InChI is InChI=1S/C19H20N4O2/c1-3-24-16-7-5-4-6-15(16)23-18-17(20)19(22-12-21-18)25-14-10-8-13(2)9-11-14/h4-12H,3,20H2,1-2H3,(H,21,22,23). The Morgan fingerprint density at radius 3 is 2.56 bits per heavy atom. The summed E-state index contributed by atoms with van der Waals surface area (Å²) in [7, 11) is 0. The lowest BCUT2D eigenvalue weighted by molar-refractivity contribution is 0.342. The third-order valence-corrected chi connectivity index (χ3v) is 3.52. The summed E-state index contributed by atoms with van der Waals surface area (Å²) in [6.45, 7) is 4.52. The summed E-state index contributed by atoms with van der Waals surface area (Å²) in [4.78, 5) is 8.34. The van der Waals surface area contributed by atoms with E-state index in [9.17, 15) is 0 Å². The Morgan fingerprint density at radius 1 is 1.04 bits per heavy atom. The van der Waals surface area contributed by atoms with E-state index in [-0.39, 0.29) is 0 Å². The molecule has 1 heterocycles. The van der Waals surface area contributed by atoms with Crippen molar-refractivity contribution in [2.75, 3.05) is 17.7 Å². The highest BCUT2D eigenvalue weighted by molar-refractivity contribution is 5.74. The molecule has 3 N–H and O–H groups in total. The molecule has 0 radical (unpaired) electrons. The topological polar surface area (TPSA) is 82.3 Å². The predicted octanol–water partition coefficient (Wildman–Crippen LogP) is 4.30. The monoisotopic (exact) mass is 336 g/mol. The van der Waals surface area contributed by atoms with Crippen LogP contribution in [0.5, 0.6) is 17.4 Å². The Labute approximate surface area is 146 Å². The van der Waals surface area contributed by atoms with Gasteiger partial charge in [0.2, 0.25) is 5.88 Å². The Bertz CT molecular complexity index is 850. The lowest BCUT2D eigenvalue weighted by Crippen LogP contribution is -2.04. The number of aromatic nitrogens is 2. The lowest BCUT2D eigenvalue weighted by Gasteiger charge is -2.14. The van der Waals surface area contributed by atoms with Gasteiger partial charge in [-0.3, -0.25) is 0 Å². The number of benzene rings is 2. The van der Waals surface area contributed by atoms with Crippen LogP contribution in [0.1, 0.15) is 12.5 Å². The summed E-state index contributed by atoms with van der Waals surface area (Å²) in [5, 5.41) is 3.18. The zero-order valence-corrected chi connectivity index (χ0v) is 14.2. The fraction of sp³-hybridized carbons (Fsp3) is 0.158. The van der Waals surface area contributed by atoms with Gasteiger partial charge in [0, 0.05) is 0 Å². The smallest absolute Gasteiger partial charge is 0.248 e. The van der Waals surface area contributed by atoms with E-state index in [1.807, 2.05) is 62.4 Å². The first-order chi connectivity index (χ1) is 12.2. The van der Waals surface area contributed by atoms with Crippen molar-refractivity contribution in [1.29, 1.82) is 0 Å². The normalized spacial score (nSPS) is 10.3. The second-order valence-corrected chi connectivity index (χ2v) is 5.41. The zero-order chi connectivity index (χ0) is 17.6. The third-order valence-electron chi connectivity index (χ3n) is 3.52. The fourth-order valence-electron chi connectivity index (χ4n) is 2.26. The molecule has 0 atom stereocenters. The van der Waals surface area contributed by atoms with E-state index in [0.717, 1.165) is 17.0 Å². The van der Waals surface area contributed by atoms with Crippen LogP contribution in [0.15, 0.2) is 54.9 Å². The molecule has 3 aromatic rings. The number of hydrogen-bond acceptors (Lipinski definition) is 6. The van der Waals surface area contributed by atoms with E-state index in [1.54, 1.807) is 0 Å². The van der Waals surface area contributed by atoms with Gasteiger partial charge < -0.3 is 20.5 Å². The number of anilines is 3. The van der Waals surface area contributed by atoms with Gasteiger partial charge in [-0.25, -0.2) is 4.98 Å². The minimum Gasteiger partial charge on any atom is -0.492 e. The van der Waals surface area contributed by atoms with Crippen LogP contribution in [0.2, 0.25) is 0 Å². The van der Waals surface area contributed by atoms with Crippen LogP contribution in [-0.2, 0) is 0 Å². The molecule has 0 saturated heterocycles. The Hall–Kier alpha value is -3.28. The molecular weight excluding hydrogens is 316 g/mol. The highest BCUT2D eigenvalue weighted by atomic mass is 16.5. The number of hydrogen-bond donors (Lipinski definition) is 2. The van der Waals surface area contributed by atoms with E-state index in [2.05, 4.69) is 15.3 Å². The molecule has 0 spiro atoms. The molecule has 0 fully saturated rings. The molecule has 0 saturated carbocycles. The Morgan fingerprint density at radius 2 is 1.80 bits per heavy atom. The zero-order valence-electron chi connectivity index (χ0n) is 14.2. The average molecular weight is 336 g/mol. The van der Waals surface area contributed by atoms with E-state index >= 15 is 0 Å². The summed E-state index contributed by atoms with van der Waals surface area (Å²) in [5.74, 6) is 2.15. The van der Waals surface area contributed by atoms with Gasteiger partial charge in [-0.2, -0.15) is 4.98 Å². The number of rotatable bonds is 6. The first-order valence-electron chi connectivity index (χ1n) is 8.01. The van der Waals surface area contributed by atoms with Crippen molar-refractivity contribution in [2.24, 2.45) is 0 Å². The van der Waals surface area contributed by atoms with Crippen LogP contribution < -0.4 is 20.5 Å². The van der Waals surface area contributed by atoms with Gasteiger partial charge in [0.15, 0.2) is 5.82 Å². The van der Waals surface area contributed by atoms with Gasteiger partial charge in [-0.05, 0) is 38.1 Å². The van der Waals surface area contributed by atoms with Crippen molar-refractivity contribution in [3.63, 3.8) is 0 Å². The summed E-state index contributed by atoms with van der Waals surface area (Å²) in [6, 6.07) is 15.3. The molecule has 128 valence electrons. The summed E-state index contributed by atoms with van der Waals surface area (Å²) in [6.07, 6.45) is 1.41. The molecule has 1 aromatic heterocycles. The van der Waals surface area contributed by atoms with Crippen molar-refractivity contribution < 1.29 is 9.47 Å². The van der Waals surface area contributed by atoms with Crippen LogP contribution >= 0.6 is 0 Å². The molecule has 6 nitrogen and oxygen atoms in total. The second-order valence-electron chi connectivity index (χ2n) is 5.41. The highest BCUT2D eigenvalue weighted by Crippen LogP contribution is 2.33. The molecule has 25 heavy (non-hydrogen) atoms. The molecular formula is C19H20N4O2. The van der Waals surface area contributed by atoms with Gasteiger partial charge in [-0.1, -0.05) is 29.8 Å². The minimum absolute atomic E-state index is 0.301. The number of nitrogens with zero attached hydrogens (tertiary/aromatic N) is 2. The Kier molecular flexibility index (Phi) is 4.99. The number of ether oxygens (including phenoxy) is 2. The van der Waals surface area contributed by atoms with E-state index in [0.29, 0.717) is 29.7 Å². The van der Waals surface area contributed by atoms with Crippen molar-refractivity contribution in [1.82, 2.24) is 9.97 Å². The van der Waals surface area contributed by atoms with Gasteiger partial charge in [0.05, 0.1) is 12.3 Å². The van der Waals surface area contributed by atoms with Crippen LogP contribution in [0.4, 0.5) is 17.2 Å². The van der Waals surface area contributed by atoms with Gasteiger partial charge in [0.1, 0.15) is 23.5 Å². The van der Waals surface area contributed by atoms with Crippen LogP contribution in [0, 0.1) is 6.92 Å². The maximum atomic E-state index is 6.18. The third kappa shape index (κ3) is 3.98. The highest BCUT2D eigenvalue weighted by Gasteiger charge is 2.12. The van der Waals surface area contributed by atoms with Crippen molar-refractivity contribution in [3.8, 4) is 17.4 Å². The van der Waals surface area contributed by atoms with Crippen LogP contribution in [-0.4, -0.2) is 16.6 Å². The molecule has 6 heteroatoms. The van der Waals surface area contributed by atoms with E-state index < -0.39 is 0 Å². The lowest BCUT2D eigenvalue weighted by atomic mass is 10.2. The largest absolute Gasteiger partial charge is 0.492 e. The number of nitrogens with one attached hydrogen (secondary N) is 1. The van der Waals surface area contributed by atoms with Gasteiger partial charge in [-0.15, -0.1) is 0 Å². The molecule has 0 aliphatic carbocycles. The molecule has 0 aliphatic heterocycles. The number of nitrogen functional groups attached to an aromatic ring is 1. The van der Waals surface area contributed by atoms with Crippen molar-refractivity contribution >= 4 is 17.2 Å². The fourth-order valence-corrected chi connectivity index (χ4v) is 2.26.